The van der Waals surface area contributed by atoms with E-state index in [4.69, 9.17) is 4.42 Å². The molecule has 2 heterocycles. The van der Waals surface area contributed by atoms with E-state index in [1.54, 1.807) is 31.2 Å². The maximum atomic E-state index is 12.1. The number of hydrogen-bond donors (Lipinski definition) is 1. The van der Waals surface area contributed by atoms with Crippen molar-refractivity contribution in [2.45, 2.75) is 6.92 Å². The number of aromatic nitrogens is 2. The van der Waals surface area contributed by atoms with Crippen molar-refractivity contribution in [2.24, 2.45) is 0 Å². The zero-order chi connectivity index (χ0) is 16.4. The Morgan fingerprint density at radius 2 is 2.04 bits per heavy atom. The van der Waals surface area contributed by atoms with Crippen molar-refractivity contribution in [3.05, 3.63) is 70.3 Å². The van der Waals surface area contributed by atoms with Crippen LogP contribution in [0.15, 0.2) is 53.3 Å². The van der Waals surface area contributed by atoms with Crippen molar-refractivity contribution < 1.29 is 14.1 Å². The highest BCUT2D eigenvalue weighted by molar-refractivity contribution is 6.03. The van der Waals surface area contributed by atoms with Gasteiger partial charge in [-0.25, -0.2) is 4.68 Å². The molecule has 23 heavy (non-hydrogen) atoms. The van der Waals surface area contributed by atoms with Gasteiger partial charge in [0, 0.05) is 18.2 Å². The number of nitro groups is 1. The minimum Gasteiger partial charge on any atom is -0.472 e. The van der Waals surface area contributed by atoms with E-state index in [9.17, 15) is 14.9 Å². The first-order valence-electron chi connectivity index (χ1n) is 6.69. The second-order valence-corrected chi connectivity index (χ2v) is 4.82. The minimum atomic E-state index is -0.473. The lowest BCUT2D eigenvalue weighted by molar-refractivity contribution is -0.384. The van der Waals surface area contributed by atoms with Gasteiger partial charge in [0.25, 0.3) is 11.6 Å². The number of nitrogens with zero attached hydrogens (tertiary/aromatic N) is 3. The molecule has 0 aliphatic rings. The molecule has 0 spiro atoms. The van der Waals surface area contributed by atoms with Gasteiger partial charge in [-0.05, 0) is 25.1 Å². The molecule has 1 N–H and O–H groups in total. The molecule has 8 nitrogen and oxygen atoms in total. The average molecular weight is 312 g/mol. The van der Waals surface area contributed by atoms with Gasteiger partial charge in [0.2, 0.25) is 0 Å². The molecule has 2 aromatic heterocycles. The van der Waals surface area contributed by atoms with E-state index in [1.807, 2.05) is 0 Å². The zero-order valence-electron chi connectivity index (χ0n) is 12.1. The quantitative estimate of drug-likeness (QED) is 0.589. The van der Waals surface area contributed by atoms with Gasteiger partial charge in [0.15, 0.2) is 0 Å². The smallest absolute Gasteiger partial charge is 0.269 e. The second kappa shape index (κ2) is 5.76. The van der Waals surface area contributed by atoms with Crippen LogP contribution in [0.5, 0.6) is 0 Å². The lowest BCUT2D eigenvalue weighted by Crippen LogP contribution is -2.14. The van der Waals surface area contributed by atoms with Crippen LogP contribution in [0.4, 0.5) is 11.5 Å². The van der Waals surface area contributed by atoms with Gasteiger partial charge >= 0.3 is 0 Å². The summed E-state index contributed by atoms with van der Waals surface area (Å²) in [6.07, 6.45) is 2.75. The van der Waals surface area contributed by atoms with E-state index in [0.29, 0.717) is 22.8 Å². The van der Waals surface area contributed by atoms with Crippen molar-refractivity contribution in [3.8, 4) is 5.69 Å². The maximum Gasteiger partial charge on any atom is 0.269 e. The van der Waals surface area contributed by atoms with E-state index < -0.39 is 4.92 Å². The number of rotatable bonds is 4. The molecular weight excluding hydrogens is 300 g/mol. The van der Waals surface area contributed by atoms with Crippen LogP contribution in [0.1, 0.15) is 16.1 Å². The Bertz CT molecular complexity index is 850. The first-order chi connectivity index (χ1) is 11.0. The highest BCUT2D eigenvalue weighted by Gasteiger charge is 2.14. The van der Waals surface area contributed by atoms with Crippen LogP contribution >= 0.6 is 0 Å². The van der Waals surface area contributed by atoms with Gasteiger partial charge < -0.3 is 9.73 Å². The third-order valence-electron chi connectivity index (χ3n) is 3.16. The van der Waals surface area contributed by atoms with Crippen LogP contribution in [0.25, 0.3) is 5.69 Å². The van der Waals surface area contributed by atoms with Crippen LogP contribution in [0.2, 0.25) is 0 Å². The molecule has 8 heteroatoms. The van der Waals surface area contributed by atoms with E-state index in [2.05, 4.69) is 10.4 Å². The molecule has 1 aromatic carbocycles. The predicted molar refractivity (Wildman–Crippen MR) is 81.6 cm³/mol. The molecule has 116 valence electrons. The van der Waals surface area contributed by atoms with Crippen LogP contribution in [-0.4, -0.2) is 20.6 Å². The van der Waals surface area contributed by atoms with Crippen molar-refractivity contribution in [2.75, 3.05) is 5.32 Å². The number of aryl methyl sites for hydroxylation is 1. The van der Waals surface area contributed by atoms with Crippen molar-refractivity contribution >= 4 is 17.4 Å². The summed E-state index contributed by atoms with van der Waals surface area (Å²) in [5.74, 6) is 0.129. The first-order valence-corrected chi connectivity index (χ1v) is 6.69. The molecule has 0 unspecified atom stereocenters. The Labute approximate surface area is 130 Å². The van der Waals surface area contributed by atoms with Gasteiger partial charge in [-0.3, -0.25) is 14.9 Å². The van der Waals surface area contributed by atoms with Crippen molar-refractivity contribution in [3.63, 3.8) is 0 Å². The van der Waals surface area contributed by atoms with E-state index >= 15 is 0 Å². The molecule has 0 aliphatic carbocycles. The zero-order valence-corrected chi connectivity index (χ0v) is 12.1. The fraction of sp³-hybridized carbons (Fsp3) is 0.0667. The minimum absolute atomic E-state index is 0.0124. The first kappa shape index (κ1) is 14.5. The number of carbonyl (C=O) groups excluding carboxylic acids is 1. The number of furan rings is 1. The number of carbonyl (C=O) groups is 1. The molecule has 0 bridgehead atoms. The van der Waals surface area contributed by atoms with E-state index in [-0.39, 0.29) is 11.6 Å². The summed E-state index contributed by atoms with van der Waals surface area (Å²) >= 11 is 0. The third kappa shape index (κ3) is 2.95. The number of anilines is 1. The summed E-state index contributed by atoms with van der Waals surface area (Å²) < 4.78 is 6.39. The third-order valence-corrected chi connectivity index (χ3v) is 3.16. The van der Waals surface area contributed by atoms with Gasteiger partial charge in [-0.2, -0.15) is 5.10 Å². The topological polar surface area (TPSA) is 103 Å². The average Bonchev–Trinajstić information content (AvgIpc) is 3.17. The summed E-state index contributed by atoms with van der Waals surface area (Å²) in [7, 11) is 0. The van der Waals surface area contributed by atoms with Crippen LogP contribution < -0.4 is 5.32 Å². The molecule has 0 atom stereocenters. The SMILES string of the molecule is Cc1cc(NC(=O)c2ccoc2)n(-c2ccc([N+](=O)[O-])cc2)n1. The Morgan fingerprint density at radius 3 is 2.65 bits per heavy atom. The number of nitro benzene ring substituents is 1. The van der Waals surface area contributed by atoms with Gasteiger partial charge in [0.05, 0.1) is 28.1 Å². The Balaban J connectivity index is 1.91. The number of hydrogen-bond acceptors (Lipinski definition) is 5. The summed E-state index contributed by atoms with van der Waals surface area (Å²) in [4.78, 5) is 22.4. The highest BCUT2D eigenvalue weighted by Crippen LogP contribution is 2.20. The Morgan fingerprint density at radius 1 is 1.30 bits per heavy atom. The summed E-state index contributed by atoms with van der Waals surface area (Å²) in [5.41, 5.74) is 1.68. The predicted octanol–water partition coefficient (Wildman–Crippen LogP) is 2.93. The second-order valence-electron chi connectivity index (χ2n) is 4.82. The molecule has 0 saturated carbocycles. The lowest BCUT2D eigenvalue weighted by Gasteiger charge is -2.08. The largest absolute Gasteiger partial charge is 0.472 e. The molecule has 3 rings (SSSR count). The normalized spacial score (nSPS) is 10.5. The summed E-state index contributed by atoms with van der Waals surface area (Å²) in [5, 5.41) is 17.7. The van der Waals surface area contributed by atoms with Gasteiger partial charge in [-0.15, -0.1) is 0 Å². The summed E-state index contributed by atoms with van der Waals surface area (Å²) in [6.45, 7) is 1.79. The van der Waals surface area contributed by atoms with Crippen LogP contribution in [0.3, 0.4) is 0 Å². The monoisotopic (exact) mass is 312 g/mol. The van der Waals surface area contributed by atoms with Gasteiger partial charge in [-0.1, -0.05) is 0 Å². The van der Waals surface area contributed by atoms with E-state index in [1.165, 1.54) is 29.3 Å². The fourth-order valence-corrected chi connectivity index (χ4v) is 2.08. The molecule has 3 aromatic rings. The molecular formula is C15H12N4O4. The maximum absolute atomic E-state index is 12.1. The standard InChI is InChI=1S/C15H12N4O4/c1-10-8-14(16-15(20)11-6-7-23-9-11)18(17-10)12-2-4-13(5-3-12)19(21)22/h2-9H,1H3,(H,16,20). The number of non-ortho nitro benzene ring substituents is 1. The number of amides is 1. The van der Waals surface area contributed by atoms with Crippen LogP contribution in [0, 0.1) is 17.0 Å². The molecule has 0 aliphatic heterocycles. The molecule has 0 radical (unpaired) electrons. The van der Waals surface area contributed by atoms with Crippen molar-refractivity contribution in [1.82, 2.24) is 9.78 Å². The lowest BCUT2D eigenvalue weighted by atomic mass is 10.3. The molecule has 0 fully saturated rings. The molecule has 1 amide bonds. The Hall–Kier alpha value is -3.42. The van der Waals surface area contributed by atoms with Gasteiger partial charge in [0.1, 0.15) is 12.1 Å². The fourth-order valence-electron chi connectivity index (χ4n) is 2.08. The number of benzene rings is 1. The molecule has 0 saturated heterocycles. The van der Waals surface area contributed by atoms with E-state index in [0.717, 1.165) is 0 Å². The summed E-state index contributed by atoms with van der Waals surface area (Å²) in [6, 6.07) is 9.16. The highest BCUT2D eigenvalue weighted by atomic mass is 16.6. The van der Waals surface area contributed by atoms with Crippen molar-refractivity contribution in [1.29, 1.82) is 0 Å². The van der Waals surface area contributed by atoms with Crippen LogP contribution in [-0.2, 0) is 0 Å². The number of nitrogens with one attached hydrogen (secondary N) is 1. The Kier molecular flexibility index (Phi) is 3.63.